The number of rotatable bonds is 6. The highest BCUT2D eigenvalue weighted by molar-refractivity contribution is 5.94. The molecule has 0 aliphatic carbocycles. The number of hydrogen-bond donors (Lipinski definition) is 2. The van der Waals surface area contributed by atoms with Gasteiger partial charge in [-0.15, -0.1) is 0 Å². The zero-order valence-corrected chi connectivity index (χ0v) is 11.3. The van der Waals surface area contributed by atoms with Gasteiger partial charge in [0.25, 0.3) is 5.91 Å². The molecule has 1 unspecified atom stereocenters. The van der Waals surface area contributed by atoms with E-state index in [1.807, 2.05) is 0 Å². The van der Waals surface area contributed by atoms with Crippen molar-refractivity contribution >= 4 is 11.9 Å². The molecule has 0 saturated carbocycles. The maximum atomic E-state index is 12.3. The molecule has 1 atom stereocenters. The van der Waals surface area contributed by atoms with Crippen molar-refractivity contribution in [1.82, 2.24) is 10.3 Å². The summed E-state index contributed by atoms with van der Waals surface area (Å²) in [6.07, 6.45) is -2.81. The number of nitrogens with one attached hydrogen (secondary N) is 1. The van der Waals surface area contributed by atoms with Crippen molar-refractivity contribution in [2.24, 2.45) is 0 Å². The number of pyridine rings is 1. The Hall–Kier alpha value is -2.12. The summed E-state index contributed by atoms with van der Waals surface area (Å²) in [5.41, 5.74) is -1.04. The smallest absolute Gasteiger partial charge is 0.433 e. The largest absolute Gasteiger partial charge is 0.481 e. The van der Waals surface area contributed by atoms with Crippen LogP contribution in [0.5, 0.6) is 0 Å². The lowest BCUT2D eigenvalue weighted by molar-refractivity contribution is -0.141. The average molecular weight is 304 g/mol. The summed E-state index contributed by atoms with van der Waals surface area (Å²) in [4.78, 5) is 25.3. The molecule has 0 aliphatic heterocycles. The molecule has 2 N–H and O–H groups in total. The summed E-state index contributed by atoms with van der Waals surface area (Å²) in [5.74, 6) is -1.46. The van der Waals surface area contributed by atoms with E-state index in [4.69, 9.17) is 5.11 Å². The van der Waals surface area contributed by atoms with Gasteiger partial charge in [-0.05, 0) is 31.9 Å². The highest BCUT2D eigenvalue weighted by Gasteiger charge is 2.32. The SMILES string of the molecule is CC(CCCC(=O)O)NC(=O)c1ccc(C(F)(F)F)nc1. The van der Waals surface area contributed by atoms with E-state index >= 15 is 0 Å². The van der Waals surface area contributed by atoms with E-state index in [1.54, 1.807) is 6.92 Å². The molecule has 1 aromatic rings. The van der Waals surface area contributed by atoms with Crippen LogP contribution in [0.25, 0.3) is 0 Å². The summed E-state index contributed by atoms with van der Waals surface area (Å²) < 4.78 is 37.0. The van der Waals surface area contributed by atoms with Crippen LogP contribution in [0.4, 0.5) is 13.2 Å². The Balaban J connectivity index is 2.53. The van der Waals surface area contributed by atoms with Crippen LogP contribution < -0.4 is 5.32 Å². The van der Waals surface area contributed by atoms with Crippen LogP contribution in [0, 0.1) is 0 Å². The van der Waals surface area contributed by atoms with Gasteiger partial charge in [0.2, 0.25) is 0 Å². The standard InChI is InChI=1S/C13H15F3N2O3/c1-8(3-2-4-11(19)20)18-12(21)9-5-6-10(17-7-9)13(14,15)16/h5-8H,2-4H2,1H3,(H,18,21)(H,19,20). The molecule has 1 amide bonds. The van der Waals surface area contributed by atoms with Gasteiger partial charge < -0.3 is 10.4 Å². The van der Waals surface area contributed by atoms with Crippen LogP contribution in [-0.2, 0) is 11.0 Å². The molecule has 0 aliphatic rings. The number of hydrogen-bond acceptors (Lipinski definition) is 3. The predicted octanol–water partition coefficient (Wildman–Crippen LogP) is 2.47. The van der Waals surface area contributed by atoms with E-state index in [9.17, 15) is 22.8 Å². The van der Waals surface area contributed by atoms with Crippen molar-refractivity contribution in [3.63, 3.8) is 0 Å². The van der Waals surface area contributed by atoms with Crippen molar-refractivity contribution in [2.45, 2.75) is 38.4 Å². The summed E-state index contributed by atoms with van der Waals surface area (Å²) in [7, 11) is 0. The van der Waals surface area contributed by atoms with E-state index in [-0.39, 0.29) is 18.0 Å². The zero-order chi connectivity index (χ0) is 16.0. The number of carboxylic acids is 1. The monoisotopic (exact) mass is 304 g/mol. The van der Waals surface area contributed by atoms with Crippen molar-refractivity contribution in [1.29, 1.82) is 0 Å². The second-order valence-corrected chi connectivity index (χ2v) is 4.59. The molecule has 0 saturated heterocycles. The molecule has 116 valence electrons. The first kappa shape index (κ1) is 16.9. The third-order valence-electron chi connectivity index (χ3n) is 2.72. The maximum absolute atomic E-state index is 12.3. The van der Waals surface area contributed by atoms with E-state index in [1.165, 1.54) is 0 Å². The molecule has 1 rings (SSSR count). The lowest BCUT2D eigenvalue weighted by Crippen LogP contribution is -2.32. The fourth-order valence-electron chi connectivity index (χ4n) is 1.63. The highest BCUT2D eigenvalue weighted by atomic mass is 19.4. The molecule has 1 aromatic heterocycles. The van der Waals surface area contributed by atoms with E-state index in [2.05, 4.69) is 10.3 Å². The molecular formula is C13H15F3N2O3. The fourth-order valence-corrected chi connectivity index (χ4v) is 1.63. The molecule has 0 aromatic carbocycles. The summed E-state index contributed by atoms with van der Waals surface area (Å²) in [6.45, 7) is 1.69. The van der Waals surface area contributed by atoms with Gasteiger partial charge in [0.1, 0.15) is 5.69 Å². The van der Waals surface area contributed by atoms with Crippen LogP contribution in [0.15, 0.2) is 18.3 Å². The molecule has 0 radical (unpaired) electrons. The lowest BCUT2D eigenvalue weighted by Gasteiger charge is -2.13. The second-order valence-electron chi connectivity index (χ2n) is 4.59. The Morgan fingerprint density at radius 2 is 2.05 bits per heavy atom. The molecule has 0 fully saturated rings. The minimum Gasteiger partial charge on any atom is -0.481 e. The average Bonchev–Trinajstić information content (AvgIpc) is 2.37. The number of halogens is 3. The quantitative estimate of drug-likeness (QED) is 0.846. The van der Waals surface area contributed by atoms with Crippen LogP contribution in [0.3, 0.4) is 0 Å². The Morgan fingerprint density at radius 1 is 1.38 bits per heavy atom. The number of aliphatic carboxylic acids is 1. The number of carbonyl (C=O) groups excluding carboxylic acids is 1. The van der Waals surface area contributed by atoms with Crippen molar-refractivity contribution in [3.05, 3.63) is 29.6 Å². The zero-order valence-electron chi connectivity index (χ0n) is 11.3. The van der Waals surface area contributed by atoms with Gasteiger partial charge in [-0.1, -0.05) is 0 Å². The van der Waals surface area contributed by atoms with E-state index < -0.39 is 23.7 Å². The minimum absolute atomic E-state index is 0.00203. The lowest BCUT2D eigenvalue weighted by atomic mass is 10.1. The molecule has 21 heavy (non-hydrogen) atoms. The Labute approximate surface area is 119 Å². The summed E-state index contributed by atoms with van der Waals surface area (Å²) in [5, 5.41) is 11.1. The molecular weight excluding hydrogens is 289 g/mol. The van der Waals surface area contributed by atoms with Crippen LogP contribution >= 0.6 is 0 Å². The first-order valence-electron chi connectivity index (χ1n) is 6.26. The van der Waals surface area contributed by atoms with E-state index in [0.29, 0.717) is 12.8 Å². The number of nitrogens with zero attached hydrogens (tertiary/aromatic N) is 1. The number of amides is 1. The topological polar surface area (TPSA) is 79.3 Å². The number of carbonyl (C=O) groups is 2. The van der Waals surface area contributed by atoms with Crippen molar-refractivity contribution < 1.29 is 27.9 Å². The maximum Gasteiger partial charge on any atom is 0.433 e. The summed E-state index contributed by atoms with van der Waals surface area (Å²) >= 11 is 0. The second kappa shape index (κ2) is 7.05. The van der Waals surface area contributed by atoms with Gasteiger partial charge in [0, 0.05) is 18.7 Å². The first-order chi connectivity index (χ1) is 9.70. The molecule has 0 spiro atoms. The van der Waals surface area contributed by atoms with E-state index in [0.717, 1.165) is 18.3 Å². The van der Waals surface area contributed by atoms with Crippen LogP contribution in [0.1, 0.15) is 42.2 Å². The number of carboxylic acid groups (broad SMARTS) is 1. The third kappa shape index (κ3) is 5.80. The first-order valence-corrected chi connectivity index (χ1v) is 6.26. The van der Waals surface area contributed by atoms with Gasteiger partial charge in [-0.3, -0.25) is 14.6 Å². The van der Waals surface area contributed by atoms with Crippen molar-refractivity contribution in [3.8, 4) is 0 Å². The Kier molecular flexibility index (Phi) is 5.69. The normalized spacial score (nSPS) is 12.8. The molecule has 1 heterocycles. The van der Waals surface area contributed by atoms with Gasteiger partial charge >= 0.3 is 12.1 Å². The molecule has 0 bridgehead atoms. The van der Waals surface area contributed by atoms with Gasteiger partial charge in [-0.2, -0.15) is 13.2 Å². The predicted molar refractivity (Wildman–Crippen MR) is 67.7 cm³/mol. The van der Waals surface area contributed by atoms with Crippen LogP contribution in [-0.4, -0.2) is 28.0 Å². The Morgan fingerprint density at radius 3 is 2.52 bits per heavy atom. The minimum atomic E-state index is -4.54. The van der Waals surface area contributed by atoms with Crippen molar-refractivity contribution in [2.75, 3.05) is 0 Å². The number of aromatic nitrogens is 1. The molecule has 5 nitrogen and oxygen atoms in total. The fraction of sp³-hybridized carbons (Fsp3) is 0.462. The van der Waals surface area contributed by atoms with Gasteiger partial charge in [0.15, 0.2) is 0 Å². The number of alkyl halides is 3. The summed E-state index contributed by atoms with van der Waals surface area (Å²) in [6, 6.07) is 1.51. The van der Waals surface area contributed by atoms with Gasteiger partial charge in [-0.25, -0.2) is 0 Å². The third-order valence-corrected chi connectivity index (χ3v) is 2.72. The molecule has 8 heteroatoms. The highest BCUT2D eigenvalue weighted by Crippen LogP contribution is 2.27. The van der Waals surface area contributed by atoms with Crippen LogP contribution in [0.2, 0.25) is 0 Å². The van der Waals surface area contributed by atoms with Gasteiger partial charge in [0.05, 0.1) is 5.56 Å². The Bertz CT molecular complexity index is 500.